The van der Waals surface area contributed by atoms with Crippen molar-refractivity contribution in [3.05, 3.63) is 204 Å². The molecule has 7 aromatic rings. The third-order valence-corrected chi connectivity index (χ3v) is 8.60. The van der Waals surface area contributed by atoms with E-state index in [0.717, 1.165) is 39.7 Å². The van der Waals surface area contributed by atoms with Crippen LogP contribution in [0, 0.1) is 13.8 Å². The molecule has 0 aliphatic rings. The van der Waals surface area contributed by atoms with Crippen molar-refractivity contribution in [2.24, 2.45) is 0 Å². The second-order valence-corrected chi connectivity index (χ2v) is 12.1. The van der Waals surface area contributed by atoms with E-state index in [4.69, 9.17) is 0 Å². The van der Waals surface area contributed by atoms with Gasteiger partial charge < -0.3 is 9.80 Å². The molecule has 0 saturated carbocycles. The summed E-state index contributed by atoms with van der Waals surface area (Å²) >= 11 is 0. The number of aryl methyl sites for hydroxylation is 2. The molecule has 0 spiro atoms. The van der Waals surface area contributed by atoms with Crippen molar-refractivity contribution in [3.63, 3.8) is 0 Å². The fourth-order valence-corrected chi connectivity index (χ4v) is 5.95. The predicted molar refractivity (Wildman–Crippen MR) is 206 cm³/mol. The number of hydrogen-bond acceptors (Lipinski definition) is 2. The molecule has 2 heteroatoms. The highest BCUT2D eigenvalue weighted by Gasteiger charge is 2.13. The van der Waals surface area contributed by atoms with Gasteiger partial charge in [-0.1, -0.05) is 132 Å². The summed E-state index contributed by atoms with van der Waals surface area (Å²) in [5, 5.41) is 0. The summed E-state index contributed by atoms with van der Waals surface area (Å²) in [4.78, 5) is 4.59. The Labute approximate surface area is 284 Å². The van der Waals surface area contributed by atoms with Gasteiger partial charge in [-0.2, -0.15) is 0 Å². The molecule has 0 saturated heterocycles. The Kier molecular flexibility index (Phi) is 8.97. The van der Waals surface area contributed by atoms with Gasteiger partial charge in [0, 0.05) is 34.1 Å². The molecule has 7 rings (SSSR count). The second kappa shape index (κ2) is 14.1. The van der Waals surface area contributed by atoms with Gasteiger partial charge in [-0.15, -0.1) is 0 Å². The molecular formula is C46H38N2. The third-order valence-electron chi connectivity index (χ3n) is 8.60. The average molecular weight is 619 g/mol. The summed E-state index contributed by atoms with van der Waals surface area (Å²) in [6.07, 6.45) is 4.35. The zero-order valence-corrected chi connectivity index (χ0v) is 27.4. The Morgan fingerprint density at radius 3 is 0.938 bits per heavy atom. The number of benzene rings is 7. The smallest absolute Gasteiger partial charge is 0.0462 e. The SMILES string of the molecule is Cc1ccc(N(c2ccc(C)cc2)c2ccc(-c3ccc(C=Cc4ccc(N(c5ccccc5)c5ccccc5)cc4)cc3)cc2)cc1. The van der Waals surface area contributed by atoms with Crippen molar-refractivity contribution in [3.8, 4) is 11.1 Å². The molecule has 7 aromatic carbocycles. The first-order chi connectivity index (χ1) is 23.6. The number of para-hydroxylation sites is 2. The Morgan fingerprint density at radius 1 is 0.292 bits per heavy atom. The molecule has 0 atom stereocenters. The lowest BCUT2D eigenvalue weighted by Crippen LogP contribution is -2.09. The van der Waals surface area contributed by atoms with Crippen LogP contribution in [0.5, 0.6) is 0 Å². The molecule has 0 amide bonds. The van der Waals surface area contributed by atoms with Gasteiger partial charge in [0.05, 0.1) is 0 Å². The van der Waals surface area contributed by atoms with Gasteiger partial charge in [0.15, 0.2) is 0 Å². The lowest BCUT2D eigenvalue weighted by atomic mass is 10.0. The van der Waals surface area contributed by atoms with Crippen LogP contribution < -0.4 is 9.80 Å². The highest BCUT2D eigenvalue weighted by Crippen LogP contribution is 2.37. The van der Waals surface area contributed by atoms with Gasteiger partial charge in [-0.05, 0) is 109 Å². The standard InChI is InChI=1S/C46H38N2/c1-35-13-27-43(28-14-35)48(44-29-15-36(2)16-30-44)46-33-25-40(26-34-46)39-23-19-37(20-24-39)17-18-38-21-31-45(32-22-38)47(41-9-5-3-6-10-41)42-11-7-4-8-12-42/h3-34H,1-2H3. The maximum Gasteiger partial charge on any atom is 0.0462 e. The fourth-order valence-electron chi connectivity index (χ4n) is 5.95. The number of rotatable bonds is 9. The van der Waals surface area contributed by atoms with E-state index in [1.807, 2.05) is 0 Å². The number of anilines is 6. The van der Waals surface area contributed by atoms with Crippen LogP contribution in [0.2, 0.25) is 0 Å². The molecular weight excluding hydrogens is 581 g/mol. The summed E-state index contributed by atoms with van der Waals surface area (Å²) in [5.74, 6) is 0. The quantitative estimate of drug-likeness (QED) is 0.149. The Hall–Kier alpha value is -6.12. The summed E-state index contributed by atoms with van der Waals surface area (Å²) < 4.78 is 0. The van der Waals surface area contributed by atoms with E-state index in [2.05, 4.69) is 218 Å². The number of nitrogens with zero attached hydrogens (tertiary/aromatic N) is 2. The largest absolute Gasteiger partial charge is 0.311 e. The maximum absolute atomic E-state index is 2.31. The van der Waals surface area contributed by atoms with E-state index in [1.54, 1.807) is 0 Å². The van der Waals surface area contributed by atoms with Crippen LogP contribution in [-0.4, -0.2) is 0 Å². The zero-order valence-electron chi connectivity index (χ0n) is 27.4. The van der Waals surface area contributed by atoms with Crippen molar-refractivity contribution < 1.29 is 0 Å². The number of hydrogen-bond donors (Lipinski definition) is 0. The third kappa shape index (κ3) is 6.99. The molecule has 48 heavy (non-hydrogen) atoms. The van der Waals surface area contributed by atoms with E-state index in [-0.39, 0.29) is 0 Å². The van der Waals surface area contributed by atoms with Crippen molar-refractivity contribution >= 4 is 46.3 Å². The van der Waals surface area contributed by atoms with Gasteiger partial charge in [0.2, 0.25) is 0 Å². The van der Waals surface area contributed by atoms with Gasteiger partial charge in [-0.25, -0.2) is 0 Å². The van der Waals surface area contributed by atoms with Crippen LogP contribution >= 0.6 is 0 Å². The predicted octanol–water partition coefficient (Wildman–Crippen LogP) is 13.1. The first-order valence-corrected chi connectivity index (χ1v) is 16.4. The molecule has 0 heterocycles. The van der Waals surface area contributed by atoms with Crippen LogP contribution in [0.25, 0.3) is 23.3 Å². The topological polar surface area (TPSA) is 6.48 Å². The normalized spacial score (nSPS) is 11.0. The van der Waals surface area contributed by atoms with Crippen molar-refractivity contribution in [1.82, 2.24) is 0 Å². The molecule has 0 unspecified atom stereocenters. The maximum atomic E-state index is 2.31. The van der Waals surface area contributed by atoms with E-state index < -0.39 is 0 Å². The second-order valence-electron chi connectivity index (χ2n) is 12.1. The fraction of sp³-hybridized carbons (Fsp3) is 0.0435. The summed E-state index contributed by atoms with van der Waals surface area (Å²) in [6, 6.07) is 64.8. The van der Waals surface area contributed by atoms with Crippen molar-refractivity contribution in [2.45, 2.75) is 13.8 Å². The summed E-state index contributed by atoms with van der Waals surface area (Å²) in [7, 11) is 0. The Bertz CT molecular complexity index is 1990. The molecule has 0 fully saturated rings. The first kappa shape index (κ1) is 30.5. The highest BCUT2D eigenvalue weighted by atomic mass is 15.1. The van der Waals surface area contributed by atoms with E-state index in [9.17, 15) is 0 Å². The summed E-state index contributed by atoms with van der Waals surface area (Å²) in [6.45, 7) is 4.25. The minimum Gasteiger partial charge on any atom is -0.311 e. The van der Waals surface area contributed by atoms with Crippen LogP contribution in [0.15, 0.2) is 182 Å². The molecule has 0 bridgehead atoms. The molecule has 232 valence electrons. The molecule has 0 N–H and O–H groups in total. The van der Waals surface area contributed by atoms with Gasteiger partial charge in [0.1, 0.15) is 0 Å². The van der Waals surface area contributed by atoms with Gasteiger partial charge >= 0.3 is 0 Å². The van der Waals surface area contributed by atoms with Crippen molar-refractivity contribution in [1.29, 1.82) is 0 Å². The molecule has 0 radical (unpaired) electrons. The average Bonchev–Trinajstić information content (AvgIpc) is 3.14. The lowest BCUT2D eigenvalue weighted by Gasteiger charge is -2.26. The Morgan fingerprint density at radius 2 is 0.562 bits per heavy atom. The molecule has 0 aliphatic heterocycles. The summed E-state index contributed by atoms with van der Waals surface area (Å²) in [5.41, 5.74) is 14.0. The molecule has 0 aromatic heterocycles. The van der Waals surface area contributed by atoms with Crippen LogP contribution in [0.3, 0.4) is 0 Å². The first-order valence-electron chi connectivity index (χ1n) is 16.4. The van der Waals surface area contributed by atoms with Crippen LogP contribution in [-0.2, 0) is 0 Å². The van der Waals surface area contributed by atoms with Gasteiger partial charge in [-0.3, -0.25) is 0 Å². The minimum atomic E-state index is 1.13. The van der Waals surface area contributed by atoms with Gasteiger partial charge in [0.25, 0.3) is 0 Å². The Balaban J connectivity index is 1.07. The highest BCUT2D eigenvalue weighted by molar-refractivity contribution is 5.80. The van der Waals surface area contributed by atoms with Crippen molar-refractivity contribution in [2.75, 3.05) is 9.80 Å². The minimum absolute atomic E-state index is 1.13. The van der Waals surface area contributed by atoms with E-state index in [0.29, 0.717) is 0 Å². The lowest BCUT2D eigenvalue weighted by molar-refractivity contribution is 1.27. The zero-order chi connectivity index (χ0) is 32.7. The van der Waals surface area contributed by atoms with Crippen LogP contribution in [0.1, 0.15) is 22.3 Å². The van der Waals surface area contributed by atoms with E-state index in [1.165, 1.54) is 27.8 Å². The van der Waals surface area contributed by atoms with Crippen LogP contribution in [0.4, 0.5) is 34.1 Å². The van der Waals surface area contributed by atoms with E-state index >= 15 is 0 Å². The molecule has 0 aliphatic carbocycles. The monoisotopic (exact) mass is 618 g/mol. The molecule has 2 nitrogen and oxygen atoms in total.